The molecule has 0 nitrogen and oxygen atoms in total. The fraction of sp³-hybridized carbons (Fsp3) is 0. The highest BCUT2D eigenvalue weighted by Crippen LogP contribution is 2.31. The first-order chi connectivity index (χ1) is 7.20. The van der Waals surface area contributed by atoms with Crippen LogP contribution in [0.3, 0.4) is 0 Å². The van der Waals surface area contributed by atoms with Gasteiger partial charge in [-0.3, -0.25) is 0 Å². The number of hydrogen-bond acceptors (Lipinski definition) is 0. The lowest BCUT2D eigenvalue weighted by molar-refractivity contribution is 0.589. The van der Waals surface area contributed by atoms with Gasteiger partial charge in [-0.15, -0.1) is 0 Å². The molecule has 0 saturated carbocycles. The van der Waals surface area contributed by atoms with Crippen molar-refractivity contribution in [1.82, 2.24) is 0 Å². The summed E-state index contributed by atoms with van der Waals surface area (Å²) in [4.78, 5) is 0. The van der Waals surface area contributed by atoms with Crippen molar-refractivity contribution in [2.75, 3.05) is 0 Å². The summed E-state index contributed by atoms with van der Waals surface area (Å²) in [7, 11) is 0. The second-order valence-electron chi connectivity index (χ2n) is 2.99. The van der Waals surface area contributed by atoms with E-state index in [4.69, 9.17) is 11.6 Å². The van der Waals surface area contributed by atoms with E-state index in [-0.39, 0.29) is 16.1 Å². The first kappa shape index (κ1) is 10.1. The lowest BCUT2D eigenvalue weighted by Crippen LogP contribution is -1.90. The summed E-state index contributed by atoms with van der Waals surface area (Å²) in [6, 6.07) is 11.2. The zero-order chi connectivity index (χ0) is 10.8. The molecule has 0 N–H and O–H groups in total. The number of benzene rings is 2. The Morgan fingerprint density at radius 3 is 2.27 bits per heavy atom. The molecule has 0 heterocycles. The van der Waals surface area contributed by atoms with Crippen LogP contribution in [-0.2, 0) is 0 Å². The highest BCUT2D eigenvalue weighted by Gasteiger charge is 2.13. The molecule has 2 rings (SSSR count). The minimum Gasteiger partial charge on any atom is -0.206 e. The van der Waals surface area contributed by atoms with Crippen LogP contribution in [0.2, 0.25) is 5.02 Å². The van der Waals surface area contributed by atoms with Gasteiger partial charge in [-0.25, -0.2) is 8.78 Å². The highest BCUT2D eigenvalue weighted by molar-refractivity contribution is 6.33. The third-order valence-electron chi connectivity index (χ3n) is 2.02. The van der Waals surface area contributed by atoms with Gasteiger partial charge in [0.1, 0.15) is 11.6 Å². The van der Waals surface area contributed by atoms with Crippen molar-refractivity contribution in [3.8, 4) is 11.1 Å². The number of rotatable bonds is 1. The molecule has 0 aliphatic heterocycles. The summed E-state index contributed by atoms with van der Waals surface area (Å²) < 4.78 is 26.8. The molecular formula is C12H6ClF2. The predicted molar refractivity (Wildman–Crippen MR) is 55.6 cm³/mol. The van der Waals surface area contributed by atoms with E-state index in [0.29, 0.717) is 0 Å². The molecule has 2 aromatic carbocycles. The fourth-order valence-corrected chi connectivity index (χ4v) is 1.57. The Morgan fingerprint density at radius 1 is 1.00 bits per heavy atom. The lowest BCUT2D eigenvalue weighted by atomic mass is 10.0. The van der Waals surface area contributed by atoms with Crippen molar-refractivity contribution in [2.24, 2.45) is 0 Å². The predicted octanol–water partition coefficient (Wildman–Crippen LogP) is 4.09. The van der Waals surface area contributed by atoms with Gasteiger partial charge in [0.2, 0.25) is 0 Å². The molecule has 0 aromatic heterocycles. The first-order valence-corrected chi connectivity index (χ1v) is 4.68. The van der Waals surface area contributed by atoms with Crippen molar-refractivity contribution in [1.29, 1.82) is 0 Å². The van der Waals surface area contributed by atoms with E-state index in [9.17, 15) is 8.78 Å². The van der Waals surface area contributed by atoms with Gasteiger partial charge in [-0.2, -0.15) is 0 Å². The van der Waals surface area contributed by atoms with Crippen LogP contribution in [0, 0.1) is 17.7 Å². The maximum Gasteiger partial charge on any atom is 0.134 e. The van der Waals surface area contributed by atoms with E-state index in [0.717, 1.165) is 0 Å². The maximum atomic E-state index is 13.4. The molecule has 0 atom stereocenters. The summed E-state index contributed by atoms with van der Waals surface area (Å²) in [6.07, 6.45) is 0. The van der Waals surface area contributed by atoms with Crippen molar-refractivity contribution < 1.29 is 8.78 Å². The second kappa shape index (κ2) is 3.99. The molecule has 0 aliphatic rings. The quantitative estimate of drug-likeness (QED) is 0.683. The van der Waals surface area contributed by atoms with E-state index in [1.807, 2.05) is 0 Å². The van der Waals surface area contributed by atoms with Crippen molar-refractivity contribution >= 4 is 11.6 Å². The summed E-state index contributed by atoms with van der Waals surface area (Å²) in [5.74, 6) is -1.28. The normalized spacial score (nSPS) is 10.3. The Balaban J connectivity index is 2.69. The van der Waals surface area contributed by atoms with Crippen molar-refractivity contribution in [2.45, 2.75) is 0 Å². The average Bonchev–Trinajstić information content (AvgIpc) is 2.20. The van der Waals surface area contributed by atoms with Crippen LogP contribution >= 0.6 is 11.6 Å². The van der Waals surface area contributed by atoms with Gasteiger partial charge in [0.25, 0.3) is 0 Å². The molecule has 0 spiro atoms. The van der Waals surface area contributed by atoms with Crippen molar-refractivity contribution in [3.05, 3.63) is 59.1 Å². The minimum absolute atomic E-state index is 0.136. The zero-order valence-corrected chi connectivity index (χ0v) is 8.35. The first-order valence-electron chi connectivity index (χ1n) is 4.30. The molecule has 0 amide bonds. The molecule has 15 heavy (non-hydrogen) atoms. The van der Waals surface area contributed by atoms with Crippen LogP contribution < -0.4 is 0 Å². The standard InChI is InChI=1S/C12H6ClF2/c13-9-5-2-1-4-8(9)12-10(14)6-3-7-11(12)15/h1-3,5-7H. The zero-order valence-electron chi connectivity index (χ0n) is 7.60. The van der Waals surface area contributed by atoms with E-state index in [1.54, 1.807) is 18.2 Å². The number of halogens is 3. The third kappa shape index (κ3) is 1.85. The summed E-state index contributed by atoms with van der Waals surface area (Å²) in [6.45, 7) is 0. The van der Waals surface area contributed by atoms with Gasteiger partial charge in [-0.1, -0.05) is 29.8 Å². The Kier molecular flexibility index (Phi) is 2.69. The molecule has 1 radical (unpaired) electrons. The number of hydrogen-bond donors (Lipinski definition) is 0. The smallest absolute Gasteiger partial charge is 0.134 e. The van der Waals surface area contributed by atoms with Gasteiger partial charge in [0.15, 0.2) is 0 Å². The van der Waals surface area contributed by atoms with E-state index in [1.165, 1.54) is 18.2 Å². The Morgan fingerprint density at radius 2 is 1.67 bits per heavy atom. The van der Waals surface area contributed by atoms with Gasteiger partial charge in [0, 0.05) is 10.6 Å². The van der Waals surface area contributed by atoms with Crippen LogP contribution in [0.25, 0.3) is 11.1 Å². The van der Waals surface area contributed by atoms with Crippen LogP contribution in [-0.4, -0.2) is 0 Å². The average molecular weight is 224 g/mol. The van der Waals surface area contributed by atoms with E-state index < -0.39 is 11.6 Å². The lowest BCUT2D eigenvalue weighted by Gasteiger charge is -2.05. The van der Waals surface area contributed by atoms with Crippen molar-refractivity contribution in [3.63, 3.8) is 0 Å². The SMILES string of the molecule is Fc1cccc(F)c1-c1[c]cccc1Cl. The second-order valence-corrected chi connectivity index (χ2v) is 3.40. The largest absolute Gasteiger partial charge is 0.206 e. The minimum atomic E-state index is -0.639. The van der Waals surface area contributed by atoms with Crippen LogP contribution in [0.1, 0.15) is 0 Å². The maximum absolute atomic E-state index is 13.4. The molecular weight excluding hydrogens is 218 g/mol. The van der Waals surface area contributed by atoms with E-state index in [2.05, 4.69) is 6.07 Å². The molecule has 0 saturated heterocycles. The van der Waals surface area contributed by atoms with Gasteiger partial charge >= 0.3 is 0 Å². The topological polar surface area (TPSA) is 0 Å². The molecule has 2 aromatic rings. The molecule has 0 unspecified atom stereocenters. The van der Waals surface area contributed by atoms with Crippen LogP contribution in [0.15, 0.2) is 36.4 Å². The molecule has 0 aliphatic carbocycles. The molecule has 75 valence electrons. The van der Waals surface area contributed by atoms with E-state index >= 15 is 0 Å². The Hall–Kier alpha value is -1.41. The molecule has 0 fully saturated rings. The summed E-state index contributed by atoms with van der Waals surface area (Å²) in [5.41, 5.74) is 0.109. The summed E-state index contributed by atoms with van der Waals surface area (Å²) in [5, 5.41) is 0.279. The van der Waals surface area contributed by atoms with Gasteiger partial charge in [-0.05, 0) is 24.3 Å². The van der Waals surface area contributed by atoms with Crippen LogP contribution in [0.4, 0.5) is 8.78 Å². The fourth-order valence-electron chi connectivity index (χ4n) is 1.34. The summed E-state index contributed by atoms with van der Waals surface area (Å²) >= 11 is 5.84. The monoisotopic (exact) mass is 223 g/mol. The van der Waals surface area contributed by atoms with Gasteiger partial charge in [0.05, 0.1) is 5.56 Å². The highest BCUT2D eigenvalue weighted by atomic mass is 35.5. The van der Waals surface area contributed by atoms with Crippen LogP contribution in [0.5, 0.6) is 0 Å². The third-order valence-corrected chi connectivity index (χ3v) is 2.33. The molecule has 3 heteroatoms. The molecule has 0 bridgehead atoms. The Bertz CT molecular complexity index is 474. The Labute approximate surface area is 91.1 Å². The van der Waals surface area contributed by atoms with Gasteiger partial charge < -0.3 is 0 Å².